The summed E-state index contributed by atoms with van der Waals surface area (Å²) < 4.78 is 4.78. The van der Waals surface area contributed by atoms with E-state index in [9.17, 15) is 9.59 Å². The van der Waals surface area contributed by atoms with Crippen molar-refractivity contribution < 1.29 is 9.59 Å². The summed E-state index contributed by atoms with van der Waals surface area (Å²) in [5, 5.41) is 9.29. The van der Waals surface area contributed by atoms with E-state index in [0.29, 0.717) is 17.8 Å². The first-order valence-electron chi connectivity index (χ1n) is 6.01. The number of hydrogen-bond acceptors (Lipinski definition) is 6. The molecule has 2 heterocycles. The lowest BCUT2D eigenvalue weighted by atomic mass is 10.1. The van der Waals surface area contributed by atoms with Crippen molar-refractivity contribution in [1.82, 2.24) is 20.2 Å². The molecular weight excluding hydrogens is 296 g/mol. The molecule has 20 heavy (non-hydrogen) atoms. The van der Waals surface area contributed by atoms with Crippen LogP contribution in [0.25, 0.3) is 10.2 Å². The van der Waals surface area contributed by atoms with E-state index in [0.717, 1.165) is 15.8 Å². The summed E-state index contributed by atoms with van der Waals surface area (Å²) in [7, 11) is 0. The van der Waals surface area contributed by atoms with Crippen LogP contribution in [0.15, 0.2) is 18.2 Å². The smallest absolute Gasteiger partial charge is 0.249 e. The van der Waals surface area contributed by atoms with Crippen LogP contribution in [-0.4, -0.2) is 32.4 Å². The van der Waals surface area contributed by atoms with Gasteiger partial charge < -0.3 is 5.32 Å². The van der Waals surface area contributed by atoms with Crippen molar-refractivity contribution in [3.63, 3.8) is 0 Å². The molecular formula is C12H10N4O2S2. The number of imide groups is 1. The number of piperidine rings is 1. The maximum atomic E-state index is 11.7. The predicted molar refractivity (Wildman–Crippen MR) is 78.4 cm³/mol. The summed E-state index contributed by atoms with van der Waals surface area (Å²) in [5.74, 6) is -0.578. The molecule has 1 saturated heterocycles. The number of benzene rings is 1. The maximum absolute atomic E-state index is 11.7. The molecule has 1 aliphatic rings. The average Bonchev–Trinajstić information content (AvgIpc) is 2.90. The number of fused-ring (bicyclic) bond motifs is 1. The van der Waals surface area contributed by atoms with E-state index in [1.807, 2.05) is 18.2 Å². The van der Waals surface area contributed by atoms with Gasteiger partial charge in [-0.25, -0.2) is 0 Å². The number of rotatable bonds is 2. The second-order valence-corrected chi connectivity index (χ2v) is 5.57. The van der Waals surface area contributed by atoms with Crippen LogP contribution in [0.3, 0.4) is 0 Å². The van der Waals surface area contributed by atoms with E-state index in [2.05, 4.69) is 20.2 Å². The number of hydrogen-bond donors (Lipinski definition) is 2. The average molecular weight is 306 g/mol. The van der Waals surface area contributed by atoms with Gasteiger partial charge in [-0.1, -0.05) is 28.8 Å². The molecule has 1 aliphatic heterocycles. The Kier molecular flexibility index (Phi) is 3.41. The zero-order valence-electron chi connectivity index (χ0n) is 10.3. The molecule has 2 aromatic rings. The summed E-state index contributed by atoms with van der Waals surface area (Å²) in [5.41, 5.74) is 1.58. The van der Waals surface area contributed by atoms with Crippen LogP contribution >= 0.6 is 23.8 Å². The fourth-order valence-corrected chi connectivity index (χ4v) is 3.11. The van der Waals surface area contributed by atoms with Crippen LogP contribution in [-0.2, 0) is 9.59 Å². The molecule has 3 rings (SSSR count). The molecule has 0 saturated carbocycles. The van der Waals surface area contributed by atoms with Crippen molar-refractivity contribution in [1.29, 1.82) is 0 Å². The summed E-state index contributed by atoms with van der Waals surface area (Å²) in [6.07, 6.45) is 0.764. The van der Waals surface area contributed by atoms with Gasteiger partial charge in [-0.15, -0.1) is 5.10 Å². The fourth-order valence-electron chi connectivity index (χ4n) is 2.05. The lowest BCUT2D eigenvalue weighted by Gasteiger charge is -2.23. The molecule has 2 N–H and O–H groups in total. The maximum Gasteiger partial charge on any atom is 0.249 e. The summed E-state index contributed by atoms with van der Waals surface area (Å²) in [6.45, 7) is 0. The second kappa shape index (κ2) is 5.22. The van der Waals surface area contributed by atoms with E-state index < -0.39 is 6.04 Å². The zero-order chi connectivity index (χ0) is 14.1. The molecule has 0 aliphatic carbocycles. The van der Waals surface area contributed by atoms with Gasteiger partial charge in [-0.05, 0) is 24.0 Å². The van der Waals surface area contributed by atoms with E-state index in [1.54, 1.807) is 0 Å². The van der Waals surface area contributed by atoms with Gasteiger partial charge in [0.1, 0.15) is 16.5 Å². The molecule has 1 fully saturated rings. The number of amides is 2. The van der Waals surface area contributed by atoms with Gasteiger partial charge >= 0.3 is 0 Å². The van der Waals surface area contributed by atoms with Crippen LogP contribution < -0.4 is 10.6 Å². The lowest BCUT2D eigenvalue weighted by molar-refractivity contribution is -0.134. The molecule has 2 amide bonds. The number of aromatic nitrogens is 2. The Labute approximate surface area is 123 Å². The Morgan fingerprint density at radius 3 is 3.10 bits per heavy atom. The third-order valence-electron chi connectivity index (χ3n) is 3.06. The van der Waals surface area contributed by atoms with Crippen LogP contribution in [0.5, 0.6) is 0 Å². The number of carbonyl (C=O) groups excluding carboxylic acids is 2. The molecule has 0 bridgehead atoms. The molecule has 0 radical (unpaired) electrons. The quantitative estimate of drug-likeness (QED) is 0.629. The highest BCUT2D eigenvalue weighted by Gasteiger charge is 2.27. The first-order valence-corrected chi connectivity index (χ1v) is 7.19. The monoisotopic (exact) mass is 306 g/mol. The second-order valence-electron chi connectivity index (χ2n) is 4.40. The third kappa shape index (κ3) is 2.39. The molecule has 1 aromatic carbocycles. The van der Waals surface area contributed by atoms with Gasteiger partial charge in [0.25, 0.3) is 0 Å². The SMILES string of the molecule is O=C1CCC(NC(=S)c2cccc3nnsc23)C(=O)N1. The molecule has 1 atom stereocenters. The Morgan fingerprint density at radius 2 is 2.30 bits per heavy atom. The Hall–Kier alpha value is -1.93. The van der Waals surface area contributed by atoms with Crippen LogP contribution in [0.2, 0.25) is 0 Å². The third-order valence-corrected chi connectivity index (χ3v) is 4.18. The minimum atomic E-state index is -0.476. The molecule has 102 valence electrons. The van der Waals surface area contributed by atoms with E-state index in [1.165, 1.54) is 11.5 Å². The van der Waals surface area contributed by atoms with Gasteiger partial charge in [0.2, 0.25) is 11.8 Å². The fraction of sp³-hybridized carbons (Fsp3) is 0.250. The molecule has 8 heteroatoms. The largest absolute Gasteiger partial charge is 0.364 e. The van der Waals surface area contributed by atoms with Gasteiger partial charge in [-0.2, -0.15) is 0 Å². The normalized spacial score (nSPS) is 18.9. The van der Waals surface area contributed by atoms with Crippen molar-refractivity contribution >= 4 is 50.8 Å². The Balaban J connectivity index is 1.81. The van der Waals surface area contributed by atoms with Crippen molar-refractivity contribution in [2.75, 3.05) is 0 Å². The van der Waals surface area contributed by atoms with Gasteiger partial charge in [0.05, 0.1) is 4.70 Å². The highest BCUT2D eigenvalue weighted by atomic mass is 32.1. The lowest BCUT2D eigenvalue weighted by Crippen LogP contribution is -2.52. The van der Waals surface area contributed by atoms with Gasteiger partial charge in [0.15, 0.2) is 0 Å². The first-order chi connectivity index (χ1) is 9.65. The Bertz CT molecular complexity index is 712. The van der Waals surface area contributed by atoms with E-state index in [-0.39, 0.29) is 11.8 Å². The van der Waals surface area contributed by atoms with Gasteiger partial charge in [0, 0.05) is 12.0 Å². The number of thiocarbonyl (C=S) groups is 1. The van der Waals surface area contributed by atoms with Crippen LogP contribution in [0.1, 0.15) is 18.4 Å². The van der Waals surface area contributed by atoms with Crippen molar-refractivity contribution in [2.24, 2.45) is 0 Å². The molecule has 1 aromatic heterocycles. The van der Waals surface area contributed by atoms with Crippen LogP contribution in [0, 0.1) is 0 Å². The van der Waals surface area contributed by atoms with Crippen molar-refractivity contribution in [2.45, 2.75) is 18.9 Å². The van der Waals surface area contributed by atoms with Crippen molar-refractivity contribution in [3.8, 4) is 0 Å². The van der Waals surface area contributed by atoms with E-state index >= 15 is 0 Å². The number of nitrogens with zero attached hydrogens (tertiary/aromatic N) is 2. The van der Waals surface area contributed by atoms with E-state index in [4.69, 9.17) is 12.2 Å². The molecule has 6 nitrogen and oxygen atoms in total. The summed E-state index contributed by atoms with van der Waals surface area (Å²) >= 11 is 6.61. The predicted octanol–water partition coefficient (Wildman–Crippen LogP) is 0.762. The molecule has 0 spiro atoms. The minimum absolute atomic E-state index is 0.243. The topological polar surface area (TPSA) is 84.0 Å². The van der Waals surface area contributed by atoms with Crippen LogP contribution in [0.4, 0.5) is 0 Å². The first kappa shape index (κ1) is 13.1. The zero-order valence-corrected chi connectivity index (χ0v) is 11.9. The highest BCUT2D eigenvalue weighted by molar-refractivity contribution is 7.80. The van der Waals surface area contributed by atoms with Gasteiger partial charge in [-0.3, -0.25) is 14.9 Å². The Morgan fingerprint density at radius 1 is 1.45 bits per heavy atom. The summed E-state index contributed by atoms with van der Waals surface area (Å²) in [6, 6.07) is 5.09. The minimum Gasteiger partial charge on any atom is -0.364 e. The number of carbonyl (C=O) groups is 2. The summed E-state index contributed by atoms with van der Waals surface area (Å²) in [4.78, 5) is 23.3. The standard InChI is InChI=1S/C12H10N4O2S2/c17-9-5-4-8(11(18)14-9)13-12(19)6-2-1-3-7-10(6)20-16-15-7/h1-3,8H,4-5H2,(H,13,19)(H,14,17,18). The van der Waals surface area contributed by atoms with Crippen molar-refractivity contribution in [3.05, 3.63) is 23.8 Å². The number of nitrogens with one attached hydrogen (secondary N) is 2. The highest BCUT2D eigenvalue weighted by Crippen LogP contribution is 2.21. The molecule has 1 unspecified atom stereocenters.